The average molecular weight is 456 g/mol. The van der Waals surface area contributed by atoms with Crippen molar-refractivity contribution in [3.05, 3.63) is 96.6 Å². The molecular formula is C23H17N7O2S. The zero-order valence-corrected chi connectivity index (χ0v) is 18.0. The Balaban J connectivity index is 1.47. The molecule has 1 aliphatic heterocycles. The Morgan fingerprint density at radius 1 is 0.848 bits per heavy atom. The normalized spacial score (nSPS) is 15.4. The third-order valence-corrected chi connectivity index (χ3v) is 5.96. The number of amidine groups is 1. The van der Waals surface area contributed by atoms with E-state index in [9.17, 15) is 9.59 Å². The number of amides is 2. The van der Waals surface area contributed by atoms with Gasteiger partial charge in [-0.3, -0.25) is 9.59 Å². The topological polar surface area (TPSA) is 105 Å². The van der Waals surface area contributed by atoms with Gasteiger partial charge in [0.15, 0.2) is 11.1 Å². The molecule has 1 unspecified atom stereocenters. The van der Waals surface area contributed by atoms with Crippen molar-refractivity contribution in [2.24, 2.45) is 5.10 Å². The molecule has 0 radical (unpaired) electrons. The molecule has 0 fully saturated rings. The summed E-state index contributed by atoms with van der Waals surface area (Å²) in [6, 6.07) is 27.2. The van der Waals surface area contributed by atoms with Crippen molar-refractivity contribution in [3.63, 3.8) is 0 Å². The van der Waals surface area contributed by atoms with Crippen molar-refractivity contribution in [2.45, 2.75) is 10.4 Å². The Labute approximate surface area is 193 Å². The van der Waals surface area contributed by atoms with Crippen molar-refractivity contribution < 1.29 is 9.59 Å². The molecule has 1 atom stereocenters. The minimum absolute atomic E-state index is 0.213. The molecule has 9 nitrogen and oxygen atoms in total. The molecule has 33 heavy (non-hydrogen) atoms. The van der Waals surface area contributed by atoms with E-state index in [1.807, 2.05) is 54.6 Å². The molecule has 1 N–H and O–H groups in total. The maximum Gasteiger partial charge on any atom is 0.268 e. The monoisotopic (exact) mass is 455 g/mol. The highest BCUT2D eigenvalue weighted by Crippen LogP contribution is 2.31. The molecule has 3 aromatic carbocycles. The van der Waals surface area contributed by atoms with Crippen LogP contribution in [0.2, 0.25) is 0 Å². The number of anilines is 1. The van der Waals surface area contributed by atoms with Gasteiger partial charge in [-0.05, 0) is 46.8 Å². The van der Waals surface area contributed by atoms with Crippen LogP contribution >= 0.6 is 11.8 Å². The van der Waals surface area contributed by atoms with Crippen molar-refractivity contribution in [2.75, 3.05) is 5.01 Å². The first kappa shape index (κ1) is 20.6. The van der Waals surface area contributed by atoms with Gasteiger partial charge in [0.05, 0.1) is 11.4 Å². The Bertz CT molecular complexity index is 1310. The van der Waals surface area contributed by atoms with Crippen LogP contribution in [0.3, 0.4) is 0 Å². The van der Waals surface area contributed by atoms with Crippen molar-refractivity contribution in [1.29, 1.82) is 0 Å². The van der Waals surface area contributed by atoms with E-state index < -0.39 is 5.25 Å². The van der Waals surface area contributed by atoms with Gasteiger partial charge in [0.2, 0.25) is 5.16 Å². The lowest BCUT2D eigenvalue weighted by atomic mass is 10.2. The number of tetrazole rings is 1. The number of nitrogens with one attached hydrogen (secondary N) is 1. The average Bonchev–Trinajstić information content (AvgIpc) is 3.46. The van der Waals surface area contributed by atoms with Gasteiger partial charge >= 0.3 is 0 Å². The highest BCUT2D eigenvalue weighted by atomic mass is 32.2. The second-order valence-corrected chi connectivity index (χ2v) is 8.07. The first-order valence-electron chi connectivity index (χ1n) is 10.0. The van der Waals surface area contributed by atoms with E-state index >= 15 is 0 Å². The smallest absolute Gasteiger partial charge is 0.268 e. The highest BCUT2D eigenvalue weighted by Gasteiger charge is 2.40. The Morgan fingerprint density at radius 2 is 1.45 bits per heavy atom. The maximum atomic E-state index is 13.4. The zero-order valence-electron chi connectivity index (χ0n) is 17.1. The summed E-state index contributed by atoms with van der Waals surface area (Å²) in [6.45, 7) is 0. The second kappa shape index (κ2) is 9.05. The summed E-state index contributed by atoms with van der Waals surface area (Å²) in [7, 11) is 0. The number of aromatic nitrogens is 4. The molecule has 10 heteroatoms. The fourth-order valence-electron chi connectivity index (χ4n) is 3.26. The van der Waals surface area contributed by atoms with E-state index in [0.29, 0.717) is 16.4 Å². The summed E-state index contributed by atoms with van der Waals surface area (Å²) >= 11 is 1.12. The van der Waals surface area contributed by atoms with Crippen molar-refractivity contribution in [3.8, 4) is 5.69 Å². The number of para-hydroxylation sites is 2. The van der Waals surface area contributed by atoms with Gasteiger partial charge in [-0.15, -0.1) is 10.2 Å². The van der Waals surface area contributed by atoms with E-state index in [0.717, 1.165) is 17.4 Å². The molecule has 2 heterocycles. The van der Waals surface area contributed by atoms with Gasteiger partial charge in [0, 0.05) is 5.56 Å². The molecule has 0 spiro atoms. The molecule has 0 saturated heterocycles. The Kier molecular flexibility index (Phi) is 5.64. The van der Waals surface area contributed by atoms with Crippen LogP contribution < -0.4 is 10.3 Å². The van der Waals surface area contributed by atoms with E-state index in [2.05, 4.69) is 25.9 Å². The summed E-state index contributed by atoms with van der Waals surface area (Å²) in [4.78, 5) is 26.2. The number of hydrogen-bond donors (Lipinski definition) is 1. The number of hydrogen-bond acceptors (Lipinski definition) is 7. The standard InChI is InChI=1S/C23H17N7O2S/c31-21(16-10-4-1-5-11-16)24-20-19(22(32)29(26-20)17-12-6-2-7-13-17)33-23-25-27-28-30(23)18-14-8-3-9-15-18/h1-15,19H,(H,24,26,31). The molecule has 1 aromatic heterocycles. The van der Waals surface area contributed by atoms with Gasteiger partial charge in [0.25, 0.3) is 11.8 Å². The lowest BCUT2D eigenvalue weighted by Gasteiger charge is -2.14. The van der Waals surface area contributed by atoms with Crippen LogP contribution in [0.5, 0.6) is 0 Å². The summed E-state index contributed by atoms with van der Waals surface area (Å²) < 4.78 is 1.54. The largest absolute Gasteiger partial charge is 0.307 e. The number of thioether (sulfide) groups is 1. The van der Waals surface area contributed by atoms with Crippen LogP contribution in [0.4, 0.5) is 5.69 Å². The van der Waals surface area contributed by atoms with E-state index in [1.54, 1.807) is 41.1 Å². The molecule has 162 valence electrons. The summed E-state index contributed by atoms with van der Waals surface area (Å²) in [5.74, 6) is -0.451. The second-order valence-electron chi connectivity index (χ2n) is 7.00. The summed E-state index contributed by atoms with van der Waals surface area (Å²) in [5.41, 5.74) is 1.81. The number of benzene rings is 3. The molecule has 0 bridgehead atoms. The number of carbonyl (C=O) groups is 2. The van der Waals surface area contributed by atoms with Crippen LogP contribution in [0.25, 0.3) is 5.69 Å². The van der Waals surface area contributed by atoms with E-state index in [1.165, 1.54) is 5.01 Å². The number of carbonyl (C=O) groups excluding carboxylic acids is 2. The van der Waals surface area contributed by atoms with Crippen molar-refractivity contribution >= 4 is 35.1 Å². The lowest BCUT2D eigenvalue weighted by molar-refractivity contribution is -0.116. The first-order valence-corrected chi connectivity index (χ1v) is 10.9. The third-order valence-electron chi connectivity index (χ3n) is 4.83. The fourth-order valence-corrected chi connectivity index (χ4v) is 4.21. The van der Waals surface area contributed by atoms with Crippen LogP contribution in [0.1, 0.15) is 10.4 Å². The number of nitrogens with zero attached hydrogens (tertiary/aromatic N) is 6. The summed E-state index contributed by atoms with van der Waals surface area (Å²) in [6.07, 6.45) is 0. The van der Waals surface area contributed by atoms with Crippen LogP contribution in [-0.2, 0) is 4.79 Å². The Hall–Kier alpha value is -4.31. The molecule has 0 aliphatic carbocycles. The third kappa shape index (κ3) is 4.23. The van der Waals surface area contributed by atoms with Crippen molar-refractivity contribution in [1.82, 2.24) is 25.5 Å². The summed E-state index contributed by atoms with van der Waals surface area (Å²) in [5, 5.41) is 20.0. The van der Waals surface area contributed by atoms with Crippen LogP contribution in [0.15, 0.2) is 101 Å². The highest BCUT2D eigenvalue weighted by molar-refractivity contribution is 8.01. The molecular weight excluding hydrogens is 438 g/mol. The number of rotatable bonds is 5. The molecule has 2 amide bonds. The molecule has 4 aromatic rings. The first-order chi connectivity index (χ1) is 16.2. The van der Waals surface area contributed by atoms with E-state index in [4.69, 9.17) is 0 Å². The molecule has 1 aliphatic rings. The number of hydrazone groups is 1. The Morgan fingerprint density at radius 3 is 2.12 bits per heavy atom. The van der Waals surface area contributed by atoms with Gasteiger partial charge in [-0.1, -0.05) is 66.4 Å². The SMILES string of the molecule is O=C(NC1=NN(c2ccccc2)C(=O)C1Sc1nnnn1-c1ccccc1)c1ccccc1. The minimum atomic E-state index is -0.841. The minimum Gasteiger partial charge on any atom is -0.307 e. The molecule has 5 rings (SSSR count). The quantitative estimate of drug-likeness (QED) is 0.496. The zero-order chi connectivity index (χ0) is 22.6. The molecule has 0 saturated carbocycles. The predicted octanol–water partition coefficient (Wildman–Crippen LogP) is 2.91. The van der Waals surface area contributed by atoms with Gasteiger partial charge < -0.3 is 5.32 Å². The van der Waals surface area contributed by atoms with Gasteiger partial charge in [0.1, 0.15) is 0 Å². The van der Waals surface area contributed by atoms with Gasteiger partial charge in [-0.25, -0.2) is 0 Å². The van der Waals surface area contributed by atoms with E-state index in [-0.39, 0.29) is 17.6 Å². The lowest BCUT2D eigenvalue weighted by Crippen LogP contribution is -2.39. The predicted molar refractivity (Wildman–Crippen MR) is 124 cm³/mol. The fraction of sp³-hybridized carbons (Fsp3) is 0.0435. The van der Waals surface area contributed by atoms with Crippen LogP contribution in [-0.4, -0.2) is 43.1 Å². The van der Waals surface area contributed by atoms with Crippen LogP contribution in [0, 0.1) is 0 Å². The van der Waals surface area contributed by atoms with Gasteiger partial charge in [-0.2, -0.15) is 9.69 Å². The maximum absolute atomic E-state index is 13.4.